The number of ether oxygens (including phenoxy) is 1. The average molecular weight is 616 g/mol. The third-order valence-corrected chi connectivity index (χ3v) is 7.87. The zero-order chi connectivity index (χ0) is 33.0. The van der Waals surface area contributed by atoms with Gasteiger partial charge in [0.05, 0.1) is 12.1 Å². The summed E-state index contributed by atoms with van der Waals surface area (Å²) in [5.41, 5.74) is 8.23. The smallest absolute Gasteiger partial charge is 0.424 e. The zero-order valence-electron chi connectivity index (χ0n) is 27.2. The van der Waals surface area contributed by atoms with Gasteiger partial charge in [-0.05, 0) is 62.6 Å². The first-order chi connectivity index (χ1) is 21.4. The minimum absolute atomic E-state index is 0.0419. The predicted molar refractivity (Wildman–Crippen MR) is 177 cm³/mol. The lowest BCUT2D eigenvalue weighted by Crippen LogP contribution is -2.56. The van der Waals surface area contributed by atoms with E-state index < -0.39 is 47.6 Å². The largest absolute Gasteiger partial charge is 0.443 e. The third kappa shape index (κ3) is 11.2. The van der Waals surface area contributed by atoms with Crippen molar-refractivity contribution in [1.29, 1.82) is 0 Å². The molecule has 45 heavy (non-hydrogen) atoms. The number of nitrogens with zero attached hydrogens (tertiary/aromatic N) is 1. The first kappa shape index (κ1) is 35.6. The number of amides is 3. The Hall–Kier alpha value is -3.85. The number of hydrogen-bond donors (Lipinski definition) is 3. The van der Waals surface area contributed by atoms with Crippen molar-refractivity contribution in [2.45, 2.75) is 90.6 Å². The van der Waals surface area contributed by atoms with E-state index in [0.717, 1.165) is 16.7 Å². The maximum Gasteiger partial charge on any atom is 0.424 e. The van der Waals surface area contributed by atoms with Gasteiger partial charge in [-0.3, -0.25) is 9.59 Å². The van der Waals surface area contributed by atoms with E-state index >= 15 is 0 Å². The molecule has 0 aliphatic carbocycles. The number of aliphatic hydroxyl groups excluding tert-OH is 1. The molecule has 0 saturated carbocycles. The molecule has 3 aromatic carbocycles. The van der Waals surface area contributed by atoms with Crippen molar-refractivity contribution in [2.75, 3.05) is 0 Å². The van der Waals surface area contributed by atoms with Gasteiger partial charge < -0.3 is 20.9 Å². The van der Waals surface area contributed by atoms with Crippen LogP contribution in [0.15, 0.2) is 91.0 Å². The number of hydrogen-bond acceptors (Lipinski definition) is 7. The fourth-order valence-electron chi connectivity index (χ4n) is 5.17. The summed E-state index contributed by atoms with van der Waals surface area (Å²) < 4.78 is 5.63. The van der Waals surface area contributed by atoms with Crippen LogP contribution in [0.2, 0.25) is 0 Å². The molecule has 242 valence electrons. The fraction of sp³-hybridized carbons (Fsp3) is 0.432. The Morgan fingerprint density at radius 2 is 1.31 bits per heavy atom. The summed E-state index contributed by atoms with van der Waals surface area (Å²) in [7, 11) is 0. The van der Waals surface area contributed by atoms with Gasteiger partial charge in [0, 0.05) is 18.5 Å². The summed E-state index contributed by atoms with van der Waals surface area (Å²) in [4.78, 5) is 43.1. The molecule has 0 radical (unpaired) electrons. The van der Waals surface area contributed by atoms with Crippen molar-refractivity contribution >= 4 is 17.9 Å². The lowest BCUT2D eigenvalue weighted by atomic mass is 9.88. The van der Waals surface area contributed by atoms with Crippen molar-refractivity contribution in [3.05, 3.63) is 108 Å². The highest BCUT2D eigenvalue weighted by Crippen LogP contribution is 2.24. The van der Waals surface area contributed by atoms with Crippen molar-refractivity contribution in [3.63, 3.8) is 0 Å². The number of aliphatic hydroxyl groups is 1. The Kier molecular flexibility index (Phi) is 13.5. The second-order valence-corrected chi connectivity index (χ2v) is 12.8. The zero-order valence-corrected chi connectivity index (χ0v) is 27.2. The standard InChI is InChI=1S/C37H49N3O5/c1-6-26(2)33(39-25-29-20-14-9-15-21-29)35(43)40(36(44)45-37(3,4)5)34(42)30(22-27-16-10-7-11-17-27)24-32(41)31(38)23-28-18-12-8-13-19-28/h7-21,26,30-33,39,41H,6,22-25,38H2,1-5H3/t26-,30+,31-,32-,33-/m0/s1. The molecule has 4 N–H and O–H groups in total. The van der Waals surface area contributed by atoms with Gasteiger partial charge in [-0.25, -0.2) is 4.79 Å². The van der Waals surface area contributed by atoms with Crippen LogP contribution in [0.25, 0.3) is 0 Å². The van der Waals surface area contributed by atoms with Gasteiger partial charge >= 0.3 is 6.09 Å². The molecule has 3 aromatic rings. The normalized spacial score (nSPS) is 14.9. The van der Waals surface area contributed by atoms with E-state index in [1.807, 2.05) is 105 Å². The third-order valence-electron chi connectivity index (χ3n) is 7.87. The summed E-state index contributed by atoms with van der Waals surface area (Å²) in [5, 5.41) is 14.6. The fourth-order valence-corrected chi connectivity index (χ4v) is 5.17. The van der Waals surface area contributed by atoms with Gasteiger partial charge in [0.1, 0.15) is 5.60 Å². The highest BCUT2D eigenvalue weighted by atomic mass is 16.6. The van der Waals surface area contributed by atoms with Crippen LogP contribution in [-0.4, -0.2) is 51.7 Å². The molecule has 8 nitrogen and oxygen atoms in total. The van der Waals surface area contributed by atoms with Crippen LogP contribution in [-0.2, 0) is 33.7 Å². The Morgan fingerprint density at radius 1 is 0.822 bits per heavy atom. The molecule has 0 aliphatic heterocycles. The van der Waals surface area contributed by atoms with Crippen molar-refractivity contribution in [1.82, 2.24) is 10.2 Å². The monoisotopic (exact) mass is 615 g/mol. The van der Waals surface area contributed by atoms with Crippen molar-refractivity contribution in [2.24, 2.45) is 17.6 Å². The van der Waals surface area contributed by atoms with Gasteiger partial charge in [-0.2, -0.15) is 4.90 Å². The molecule has 0 saturated heterocycles. The molecule has 0 heterocycles. The van der Waals surface area contributed by atoms with E-state index in [4.69, 9.17) is 10.5 Å². The SMILES string of the molecule is CC[C@H](C)[C@H](NCc1ccccc1)C(=O)N(C(=O)OC(C)(C)C)C(=O)[C@H](Cc1ccccc1)C[C@H](O)[C@@H](N)Cc1ccccc1. The van der Waals surface area contributed by atoms with Crippen molar-refractivity contribution in [3.8, 4) is 0 Å². The van der Waals surface area contributed by atoms with Gasteiger partial charge in [0.2, 0.25) is 5.91 Å². The molecule has 0 spiro atoms. The van der Waals surface area contributed by atoms with E-state index in [0.29, 0.717) is 24.3 Å². The molecule has 5 atom stereocenters. The first-order valence-electron chi connectivity index (χ1n) is 15.8. The van der Waals surface area contributed by atoms with E-state index in [1.54, 1.807) is 20.8 Å². The average Bonchev–Trinajstić information content (AvgIpc) is 3.01. The summed E-state index contributed by atoms with van der Waals surface area (Å²) in [6.45, 7) is 9.30. The molecule has 0 aromatic heterocycles. The molecule has 0 unspecified atom stereocenters. The van der Waals surface area contributed by atoms with Gasteiger partial charge in [0.15, 0.2) is 0 Å². The topological polar surface area (TPSA) is 122 Å². The lowest BCUT2D eigenvalue weighted by Gasteiger charge is -2.33. The number of nitrogens with one attached hydrogen (secondary N) is 1. The van der Waals surface area contributed by atoms with E-state index in [1.165, 1.54) is 0 Å². The molecule has 3 rings (SSSR count). The minimum atomic E-state index is -1.07. The van der Waals surface area contributed by atoms with Gasteiger partial charge in [-0.15, -0.1) is 0 Å². The number of benzene rings is 3. The maximum absolute atomic E-state index is 14.4. The summed E-state index contributed by atoms with van der Waals surface area (Å²) in [5.74, 6) is -2.52. The van der Waals surface area contributed by atoms with Gasteiger partial charge in [0.25, 0.3) is 5.91 Å². The highest BCUT2D eigenvalue weighted by Gasteiger charge is 2.42. The van der Waals surface area contributed by atoms with E-state index in [9.17, 15) is 19.5 Å². The van der Waals surface area contributed by atoms with Crippen LogP contribution in [0, 0.1) is 11.8 Å². The molecule has 0 bridgehead atoms. The summed E-state index contributed by atoms with van der Waals surface area (Å²) in [6.07, 6.45) is -0.905. The molecule has 0 fully saturated rings. The number of imide groups is 3. The van der Waals surface area contributed by atoms with Crippen LogP contribution in [0.3, 0.4) is 0 Å². The molecular formula is C37H49N3O5. The summed E-state index contributed by atoms with van der Waals surface area (Å²) in [6, 6.07) is 27.0. The second kappa shape index (κ2) is 17.0. The van der Waals surface area contributed by atoms with E-state index in [-0.39, 0.29) is 18.8 Å². The number of nitrogens with two attached hydrogens (primary N) is 1. The van der Waals surface area contributed by atoms with Crippen LogP contribution in [0.4, 0.5) is 4.79 Å². The molecule has 0 aliphatic rings. The molecular weight excluding hydrogens is 566 g/mol. The van der Waals surface area contributed by atoms with Crippen molar-refractivity contribution < 1.29 is 24.2 Å². The second-order valence-electron chi connectivity index (χ2n) is 12.8. The lowest BCUT2D eigenvalue weighted by molar-refractivity contribution is -0.148. The highest BCUT2D eigenvalue weighted by molar-refractivity contribution is 6.11. The molecule has 3 amide bonds. The minimum Gasteiger partial charge on any atom is -0.443 e. The Morgan fingerprint density at radius 3 is 1.80 bits per heavy atom. The van der Waals surface area contributed by atoms with Crippen LogP contribution < -0.4 is 11.1 Å². The van der Waals surface area contributed by atoms with E-state index in [2.05, 4.69) is 5.32 Å². The number of carbonyl (C=O) groups excluding carboxylic acids is 3. The van der Waals surface area contributed by atoms with Crippen LogP contribution in [0.5, 0.6) is 0 Å². The quantitative estimate of drug-likeness (QED) is 0.214. The first-order valence-corrected chi connectivity index (χ1v) is 15.8. The Balaban J connectivity index is 1.96. The Bertz CT molecular complexity index is 1340. The van der Waals surface area contributed by atoms with Crippen LogP contribution in [0.1, 0.15) is 64.2 Å². The number of rotatable bonds is 14. The summed E-state index contributed by atoms with van der Waals surface area (Å²) >= 11 is 0. The maximum atomic E-state index is 14.4. The number of carbonyl (C=O) groups is 3. The van der Waals surface area contributed by atoms with Crippen LogP contribution >= 0.6 is 0 Å². The van der Waals surface area contributed by atoms with Gasteiger partial charge in [-0.1, -0.05) is 111 Å². The molecule has 8 heteroatoms. The Labute approximate surface area is 268 Å². The predicted octanol–water partition coefficient (Wildman–Crippen LogP) is 5.66.